The predicted molar refractivity (Wildman–Crippen MR) is 75.0 cm³/mol. The summed E-state index contributed by atoms with van der Waals surface area (Å²) in [7, 11) is 0. The van der Waals surface area contributed by atoms with Crippen molar-refractivity contribution in [2.24, 2.45) is 0 Å². The molecule has 0 aliphatic carbocycles. The molecule has 19 heavy (non-hydrogen) atoms. The number of carbonyl (C=O) groups excluding carboxylic acids is 1. The van der Waals surface area contributed by atoms with E-state index in [1.807, 2.05) is 13.8 Å². The van der Waals surface area contributed by atoms with Crippen LogP contribution in [0.3, 0.4) is 0 Å². The number of hydrogen-bond acceptors (Lipinski definition) is 3. The van der Waals surface area contributed by atoms with Gasteiger partial charge in [-0.2, -0.15) is 0 Å². The highest BCUT2D eigenvalue weighted by Crippen LogP contribution is 2.24. The molecule has 1 aromatic carbocycles. The van der Waals surface area contributed by atoms with Gasteiger partial charge < -0.3 is 15.3 Å². The second kappa shape index (κ2) is 6.99. The van der Waals surface area contributed by atoms with E-state index >= 15 is 0 Å². The zero-order valence-electron chi connectivity index (χ0n) is 10.9. The zero-order valence-corrected chi connectivity index (χ0v) is 11.7. The highest BCUT2D eigenvalue weighted by atomic mass is 35.5. The van der Waals surface area contributed by atoms with Crippen molar-refractivity contribution in [2.75, 3.05) is 24.5 Å². The molecule has 0 bridgehead atoms. The first-order valence-electron chi connectivity index (χ1n) is 6.04. The number of hydrogen-bond donors (Lipinski definition) is 2. The number of benzene rings is 1. The number of carbonyl (C=O) groups is 2. The van der Waals surface area contributed by atoms with E-state index in [4.69, 9.17) is 16.7 Å². The Balaban J connectivity index is 3.06. The van der Waals surface area contributed by atoms with Gasteiger partial charge >= 0.3 is 5.97 Å². The molecule has 0 saturated heterocycles. The highest BCUT2D eigenvalue weighted by Gasteiger charge is 2.17. The van der Waals surface area contributed by atoms with Gasteiger partial charge in [0.15, 0.2) is 0 Å². The lowest BCUT2D eigenvalue weighted by molar-refractivity contribution is -0.119. The molecule has 1 amide bonds. The minimum atomic E-state index is -1.04. The first kappa shape index (κ1) is 15.3. The van der Waals surface area contributed by atoms with Crippen molar-refractivity contribution in [3.05, 3.63) is 28.8 Å². The van der Waals surface area contributed by atoms with E-state index in [-0.39, 0.29) is 18.0 Å². The van der Waals surface area contributed by atoms with Crippen molar-refractivity contribution in [1.29, 1.82) is 0 Å². The summed E-state index contributed by atoms with van der Waals surface area (Å²) in [6.45, 7) is 4.84. The van der Waals surface area contributed by atoms with Crippen molar-refractivity contribution >= 4 is 29.2 Å². The van der Waals surface area contributed by atoms with E-state index < -0.39 is 5.97 Å². The Morgan fingerprint density at radius 2 is 2.05 bits per heavy atom. The van der Waals surface area contributed by atoms with Crippen LogP contribution in [-0.4, -0.2) is 36.6 Å². The van der Waals surface area contributed by atoms with Crippen LogP contribution in [0.15, 0.2) is 18.2 Å². The van der Waals surface area contributed by atoms with E-state index in [0.29, 0.717) is 23.8 Å². The third-order valence-corrected chi connectivity index (χ3v) is 2.86. The van der Waals surface area contributed by atoms with Crippen LogP contribution in [0.2, 0.25) is 5.02 Å². The molecule has 1 rings (SSSR count). The van der Waals surface area contributed by atoms with Gasteiger partial charge in [0.05, 0.1) is 17.8 Å². The molecular weight excluding hydrogens is 268 g/mol. The Morgan fingerprint density at radius 3 is 2.58 bits per heavy atom. The molecule has 2 N–H and O–H groups in total. The molecule has 5 nitrogen and oxygen atoms in total. The topological polar surface area (TPSA) is 69.6 Å². The monoisotopic (exact) mass is 284 g/mol. The summed E-state index contributed by atoms with van der Waals surface area (Å²) in [5, 5.41) is 12.3. The Labute approximate surface area is 117 Å². The number of carboxylic acid groups (broad SMARTS) is 1. The number of anilines is 1. The van der Waals surface area contributed by atoms with Gasteiger partial charge in [0, 0.05) is 18.1 Å². The molecule has 0 spiro atoms. The number of nitrogens with zero attached hydrogens (tertiary/aromatic N) is 1. The summed E-state index contributed by atoms with van der Waals surface area (Å²) in [6, 6.07) is 4.53. The van der Waals surface area contributed by atoms with Crippen LogP contribution in [0.1, 0.15) is 24.2 Å². The van der Waals surface area contributed by atoms with Gasteiger partial charge in [0.2, 0.25) is 5.91 Å². The highest BCUT2D eigenvalue weighted by molar-refractivity contribution is 6.31. The molecule has 0 radical (unpaired) electrons. The van der Waals surface area contributed by atoms with Crippen LogP contribution >= 0.6 is 11.6 Å². The largest absolute Gasteiger partial charge is 0.478 e. The lowest BCUT2D eigenvalue weighted by Crippen LogP contribution is -2.37. The smallest absolute Gasteiger partial charge is 0.337 e. The summed E-state index contributed by atoms with van der Waals surface area (Å²) >= 11 is 5.90. The molecule has 0 saturated carbocycles. The molecular formula is C13H17ClN2O3. The number of aromatic carboxylic acids is 1. The summed E-state index contributed by atoms with van der Waals surface area (Å²) in [5.41, 5.74) is 0.587. The second-order valence-corrected chi connectivity index (χ2v) is 4.37. The fraction of sp³-hybridized carbons (Fsp3) is 0.385. The third kappa shape index (κ3) is 4.13. The predicted octanol–water partition coefficient (Wildman–Crippen LogP) is 2.00. The lowest BCUT2D eigenvalue weighted by Gasteiger charge is -2.24. The minimum Gasteiger partial charge on any atom is -0.478 e. The quantitative estimate of drug-likeness (QED) is 0.838. The van der Waals surface area contributed by atoms with Crippen LogP contribution in [-0.2, 0) is 4.79 Å². The first-order chi connectivity index (χ1) is 8.99. The average molecular weight is 285 g/mol. The Hall–Kier alpha value is -1.75. The van der Waals surface area contributed by atoms with Gasteiger partial charge in [0.25, 0.3) is 0 Å². The Morgan fingerprint density at radius 1 is 1.37 bits per heavy atom. The van der Waals surface area contributed by atoms with Gasteiger partial charge in [-0.15, -0.1) is 0 Å². The summed E-state index contributed by atoms with van der Waals surface area (Å²) in [6.07, 6.45) is 0. The van der Waals surface area contributed by atoms with Crippen LogP contribution in [0, 0.1) is 0 Å². The molecule has 0 unspecified atom stereocenters. The zero-order chi connectivity index (χ0) is 14.4. The fourth-order valence-electron chi connectivity index (χ4n) is 1.74. The van der Waals surface area contributed by atoms with Crippen molar-refractivity contribution in [1.82, 2.24) is 5.32 Å². The number of nitrogens with one attached hydrogen (secondary N) is 1. The maximum atomic E-state index is 11.6. The van der Waals surface area contributed by atoms with Crippen molar-refractivity contribution < 1.29 is 14.7 Å². The molecule has 0 heterocycles. The average Bonchev–Trinajstić information content (AvgIpc) is 2.35. The van der Waals surface area contributed by atoms with Gasteiger partial charge in [0.1, 0.15) is 0 Å². The van der Waals surface area contributed by atoms with Crippen molar-refractivity contribution in [2.45, 2.75) is 13.8 Å². The van der Waals surface area contributed by atoms with Gasteiger partial charge in [-0.3, -0.25) is 4.79 Å². The van der Waals surface area contributed by atoms with Gasteiger partial charge in [-0.1, -0.05) is 11.6 Å². The number of likely N-dealkylation sites (N-methyl/N-ethyl adjacent to an activating group) is 2. The van der Waals surface area contributed by atoms with E-state index in [1.165, 1.54) is 12.1 Å². The maximum Gasteiger partial charge on any atom is 0.337 e. The Kier molecular flexibility index (Phi) is 5.63. The van der Waals surface area contributed by atoms with Crippen LogP contribution < -0.4 is 10.2 Å². The van der Waals surface area contributed by atoms with E-state index in [9.17, 15) is 9.59 Å². The Bertz CT molecular complexity index is 477. The van der Waals surface area contributed by atoms with Gasteiger partial charge in [-0.25, -0.2) is 4.79 Å². The molecule has 0 atom stereocenters. The maximum absolute atomic E-state index is 11.6. The minimum absolute atomic E-state index is 0.102. The number of carboxylic acids is 1. The summed E-state index contributed by atoms with van der Waals surface area (Å²) in [4.78, 5) is 24.5. The van der Waals surface area contributed by atoms with Gasteiger partial charge in [-0.05, 0) is 32.0 Å². The van der Waals surface area contributed by atoms with Crippen molar-refractivity contribution in [3.8, 4) is 0 Å². The molecule has 0 aromatic heterocycles. The lowest BCUT2D eigenvalue weighted by atomic mass is 10.1. The van der Waals surface area contributed by atoms with Crippen LogP contribution in [0.5, 0.6) is 0 Å². The number of halogens is 1. The van der Waals surface area contributed by atoms with Crippen molar-refractivity contribution in [3.63, 3.8) is 0 Å². The SMILES string of the molecule is CCNC(=O)CN(CC)c1cc(Cl)ccc1C(=O)O. The normalized spacial score (nSPS) is 10.1. The second-order valence-electron chi connectivity index (χ2n) is 3.93. The fourth-order valence-corrected chi connectivity index (χ4v) is 1.91. The van der Waals surface area contributed by atoms with Crippen LogP contribution in [0.25, 0.3) is 0 Å². The number of rotatable bonds is 6. The molecule has 0 aliphatic rings. The van der Waals surface area contributed by atoms with E-state index in [2.05, 4.69) is 5.32 Å². The van der Waals surface area contributed by atoms with Crippen LogP contribution in [0.4, 0.5) is 5.69 Å². The standard InChI is InChI=1S/C13H17ClN2O3/c1-3-15-12(17)8-16(4-2)11-7-9(14)5-6-10(11)13(18)19/h5-7H,3-4,8H2,1-2H3,(H,15,17)(H,18,19). The molecule has 6 heteroatoms. The molecule has 0 fully saturated rings. The van der Waals surface area contributed by atoms with E-state index in [0.717, 1.165) is 0 Å². The molecule has 0 aliphatic heterocycles. The molecule has 1 aromatic rings. The molecule has 104 valence electrons. The summed E-state index contributed by atoms with van der Waals surface area (Å²) in [5.74, 6) is -1.19. The summed E-state index contributed by atoms with van der Waals surface area (Å²) < 4.78 is 0. The number of amides is 1. The third-order valence-electron chi connectivity index (χ3n) is 2.62. The first-order valence-corrected chi connectivity index (χ1v) is 6.41. The van der Waals surface area contributed by atoms with E-state index in [1.54, 1.807) is 11.0 Å².